The fourth-order valence-electron chi connectivity index (χ4n) is 4.04. The average Bonchev–Trinajstić information content (AvgIpc) is 3.18. The van der Waals surface area contributed by atoms with Gasteiger partial charge in [-0.15, -0.1) is 5.10 Å². The van der Waals surface area contributed by atoms with Crippen LogP contribution >= 0.6 is 11.6 Å². The highest BCUT2D eigenvalue weighted by Crippen LogP contribution is 2.29. The number of fused-ring (bicyclic) bond motifs is 1. The normalized spacial score (nSPS) is 12.8. The van der Waals surface area contributed by atoms with E-state index in [1.807, 2.05) is 13.8 Å². The van der Waals surface area contributed by atoms with Crippen molar-refractivity contribution in [1.29, 1.82) is 0 Å². The minimum absolute atomic E-state index is 0.186. The molecule has 0 saturated carbocycles. The van der Waals surface area contributed by atoms with E-state index in [9.17, 15) is 19.1 Å². The summed E-state index contributed by atoms with van der Waals surface area (Å²) in [5.74, 6) is -0.889. The number of amides is 1. The van der Waals surface area contributed by atoms with Crippen molar-refractivity contribution in [3.8, 4) is 11.5 Å². The molecule has 0 bridgehead atoms. The largest absolute Gasteiger partial charge is 0.388 e. The van der Waals surface area contributed by atoms with Crippen LogP contribution in [0.15, 0.2) is 53.6 Å². The van der Waals surface area contributed by atoms with Crippen molar-refractivity contribution in [1.82, 2.24) is 24.9 Å². The highest BCUT2D eigenvalue weighted by molar-refractivity contribution is 6.30. The highest BCUT2D eigenvalue weighted by Gasteiger charge is 2.32. The molecule has 3 aromatic heterocycles. The Balaban J connectivity index is 1.79. The smallest absolute Gasteiger partial charge is 0.275 e. The third kappa shape index (κ3) is 4.96. The molecule has 0 radical (unpaired) electrons. The third-order valence-electron chi connectivity index (χ3n) is 5.66. The molecular weight excluding hydrogens is 473 g/mol. The molecule has 4 aromatic rings. The maximum Gasteiger partial charge on any atom is 0.275 e. The second-order valence-electron chi connectivity index (χ2n) is 9.18. The number of benzene rings is 1. The average molecular weight is 498 g/mol. The van der Waals surface area contributed by atoms with Crippen molar-refractivity contribution >= 4 is 23.0 Å². The number of rotatable bonds is 6. The van der Waals surface area contributed by atoms with Crippen LogP contribution in [0, 0.1) is 5.82 Å². The topological polar surface area (TPSA) is 112 Å². The molecule has 0 aliphatic heterocycles. The lowest BCUT2D eigenvalue weighted by Gasteiger charge is -2.30. The van der Waals surface area contributed by atoms with Crippen LogP contribution in [0.2, 0.25) is 5.02 Å². The Morgan fingerprint density at radius 3 is 2.46 bits per heavy atom. The van der Waals surface area contributed by atoms with Gasteiger partial charge in [-0.1, -0.05) is 37.6 Å². The Bertz CT molecular complexity index is 1440. The highest BCUT2D eigenvalue weighted by atomic mass is 35.5. The lowest BCUT2D eigenvalue weighted by Crippen LogP contribution is -2.42. The van der Waals surface area contributed by atoms with Crippen LogP contribution in [0.4, 0.5) is 4.39 Å². The Kier molecular flexibility index (Phi) is 6.48. The number of carbonyl (C=O) groups excluding carboxylic acids is 1. The standard InChI is InChI=1S/C25H25ClFN5O3/c1-13(2)19-17(23(33)29-21(25(3,4)35)14-5-8-16(27)9-6-14)12-32-20(19)24(34)30-22(31-32)18-10-7-15(26)11-28-18/h5-13,21,35H,1-4H3,(H,29,33)(H,30,31,34). The van der Waals surface area contributed by atoms with Crippen molar-refractivity contribution in [2.75, 3.05) is 0 Å². The van der Waals surface area contributed by atoms with Gasteiger partial charge in [-0.3, -0.25) is 14.6 Å². The van der Waals surface area contributed by atoms with Gasteiger partial charge in [-0.05, 0) is 49.6 Å². The van der Waals surface area contributed by atoms with Crippen LogP contribution in [0.3, 0.4) is 0 Å². The molecule has 1 amide bonds. The van der Waals surface area contributed by atoms with Crippen LogP contribution < -0.4 is 10.9 Å². The molecule has 35 heavy (non-hydrogen) atoms. The molecule has 4 rings (SSSR count). The number of carbonyl (C=O) groups is 1. The summed E-state index contributed by atoms with van der Waals surface area (Å²) >= 11 is 5.90. The SMILES string of the molecule is CC(C)c1c(C(=O)NC(c2ccc(F)cc2)C(C)(C)O)cn2nc(-c3ccc(Cl)cn3)[nH]c(=O)c12. The second-order valence-corrected chi connectivity index (χ2v) is 9.62. The van der Waals surface area contributed by atoms with Gasteiger partial charge in [0.1, 0.15) is 17.0 Å². The summed E-state index contributed by atoms with van der Waals surface area (Å²) in [6.45, 7) is 6.85. The van der Waals surface area contributed by atoms with Gasteiger partial charge in [0, 0.05) is 18.0 Å². The van der Waals surface area contributed by atoms with Crippen molar-refractivity contribution in [3.63, 3.8) is 0 Å². The number of nitrogens with one attached hydrogen (secondary N) is 2. The number of aliphatic hydroxyl groups is 1. The van der Waals surface area contributed by atoms with Crippen molar-refractivity contribution in [2.24, 2.45) is 0 Å². The monoisotopic (exact) mass is 497 g/mol. The van der Waals surface area contributed by atoms with E-state index in [1.165, 1.54) is 41.2 Å². The first-order chi connectivity index (χ1) is 16.5. The Labute approximate surface area is 205 Å². The summed E-state index contributed by atoms with van der Waals surface area (Å²) in [6.07, 6.45) is 2.93. The Morgan fingerprint density at radius 1 is 1.20 bits per heavy atom. The van der Waals surface area contributed by atoms with Crippen molar-refractivity contribution < 1.29 is 14.3 Å². The van der Waals surface area contributed by atoms with E-state index < -0.39 is 28.9 Å². The Morgan fingerprint density at radius 2 is 1.89 bits per heavy atom. The third-order valence-corrected chi connectivity index (χ3v) is 5.88. The summed E-state index contributed by atoms with van der Waals surface area (Å²) in [5, 5.41) is 18.5. The number of pyridine rings is 1. The maximum absolute atomic E-state index is 13.5. The lowest BCUT2D eigenvalue weighted by molar-refractivity contribution is 0.0343. The molecule has 1 unspecified atom stereocenters. The van der Waals surface area contributed by atoms with Crippen molar-refractivity contribution in [2.45, 2.75) is 45.3 Å². The zero-order chi connectivity index (χ0) is 25.5. The Hall–Kier alpha value is -3.56. The molecule has 0 fully saturated rings. The van der Waals surface area contributed by atoms with Gasteiger partial charge < -0.3 is 15.4 Å². The van der Waals surface area contributed by atoms with Gasteiger partial charge in [0.15, 0.2) is 5.82 Å². The number of hydrogen-bond donors (Lipinski definition) is 3. The molecule has 1 aromatic carbocycles. The fraction of sp³-hybridized carbons (Fsp3) is 0.280. The lowest BCUT2D eigenvalue weighted by atomic mass is 9.91. The number of nitrogens with zero attached hydrogens (tertiary/aromatic N) is 3. The molecule has 182 valence electrons. The molecule has 8 nitrogen and oxygen atoms in total. The first-order valence-electron chi connectivity index (χ1n) is 11.0. The zero-order valence-corrected chi connectivity index (χ0v) is 20.4. The van der Waals surface area contributed by atoms with E-state index in [2.05, 4.69) is 20.4 Å². The number of aromatic nitrogens is 4. The van der Waals surface area contributed by atoms with Gasteiger partial charge in [0.25, 0.3) is 11.5 Å². The minimum Gasteiger partial charge on any atom is -0.388 e. The zero-order valence-electron chi connectivity index (χ0n) is 19.6. The summed E-state index contributed by atoms with van der Waals surface area (Å²) in [6, 6.07) is 7.98. The molecule has 0 aliphatic rings. The van der Waals surface area contributed by atoms with Crippen LogP contribution in [0.25, 0.3) is 17.0 Å². The van der Waals surface area contributed by atoms with Gasteiger partial charge in [0.05, 0.1) is 22.2 Å². The number of H-pyrrole nitrogens is 1. The van der Waals surface area contributed by atoms with Gasteiger partial charge >= 0.3 is 0 Å². The number of halogens is 2. The maximum atomic E-state index is 13.5. The van der Waals surface area contributed by atoms with E-state index in [0.717, 1.165) is 0 Å². The molecule has 3 heterocycles. The van der Waals surface area contributed by atoms with E-state index >= 15 is 0 Å². The van der Waals surface area contributed by atoms with Gasteiger partial charge in [-0.25, -0.2) is 8.91 Å². The van der Waals surface area contributed by atoms with Crippen LogP contribution in [0.5, 0.6) is 0 Å². The summed E-state index contributed by atoms with van der Waals surface area (Å²) in [4.78, 5) is 33.4. The molecular formula is C25H25ClFN5O3. The predicted octanol–water partition coefficient (Wildman–Crippen LogP) is 4.24. The fourth-order valence-corrected chi connectivity index (χ4v) is 4.15. The van der Waals surface area contributed by atoms with E-state index in [-0.39, 0.29) is 22.8 Å². The molecule has 1 atom stereocenters. The number of aromatic amines is 1. The quantitative estimate of drug-likeness (QED) is 0.369. The first kappa shape index (κ1) is 24.6. The van der Waals surface area contributed by atoms with Gasteiger partial charge in [-0.2, -0.15) is 0 Å². The number of hydrogen-bond acceptors (Lipinski definition) is 5. The summed E-state index contributed by atoms with van der Waals surface area (Å²) in [7, 11) is 0. The van der Waals surface area contributed by atoms with Crippen LogP contribution in [-0.4, -0.2) is 36.2 Å². The molecule has 0 spiro atoms. The predicted molar refractivity (Wildman–Crippen MR) is 131 cm³/mol. The molecule has 0 saturated heterocycles. The van der Waals surface area contributed by atoms with Crippen LogP contribution in [0.1, 0.15) is 61.1 Å². The second kappa shape index (κ2) is 9.24. The summed E-state index contributed by atoms with van der Waals surface area (Å²) < 4.78 is 14.8. The minimum atomic E-state index is -1.35. The van der Waals surface area contributed by atoms with E-state index in [1.54, 1.807) is 26.0 Å². The van der Waals surface area contributed by atoms with E-state index in [0.29, 0.717) is 21.8 Å². The van der Waals surface area contributed by atoms with E-state index in [4.69, 9.17) is 11.6 Å². The van der Waals surface area contributed by atoms with Crippen LogP contribution in [-0.2, 0) is 0 Å². The molecule has 3 N–H and O–H groups in total. The van der Waals surface area contributed by atoms with Crippen molar-refractivity contribution in [3.05, 3.63) is 86.7 Å². The summed E-state index contributed by atoms with van der Waals surface area (Å²) in [5.41, 5.74) is 0.174. The van der Waals surface area contributed by atoms with Gasteiger partial charge in [0.2, 0.25) is 0 Å². The molecule has 10 heteroatoms. The first-order valence-corrected chi connectivity index (χ1v) is 11.4. The molecule has 0 aliphatic carbocycles.